The van der Waals surface area contributed by atoms with Crippen molar-refractivity contribution in [1.82, 2.24) is 0 Å². The van der Waals surface area contributed by atoms with Crippen LogP contribution in [0, 0.1) is 18.7 Å². The van der Waals surface area contributed by atoms with Crippen molar-refractivity contribution in [2.75, 3.05) is 11.9 Å². The van der Waals surface area contributed by atoms with Crippen LogP contribution in [0.3, 0.4) is 0 Å². The van der Waals surface area contributed by atoms with Gasteiger partial charge >= 0.3 is 0 Å². The summed E-state index contributed by atoms with van der Waals surface area (Å²) in [7, 11) is 1.89. The minimum absolute atomic E-state index is 0.0601. The number of allylic oxidation sites excluding steroid dienone is 3. The quantitative estimate of drug-likeness (QED) is 0.216. The molecule has 0 aromatic heterocycles. The molecule has 0 amide bonds. The fourth-order valence-electron chi connectivity index (χ4n) is 3.62. The molecule has 0 saturated carbocycles. The Morgan fingerprint density at radius 2 is 1.62 bits per heavy atom. The highest BCUT2D eigenvalue weighted by molar-refractivity contribution is 5.59. The van der Waals surface area contributed by atoms with Crippen molar-refractivity contribution < 1.29 is 4.39 Å². The minimum atomic E-state index is -0.0601. The molecule has 0 N–H and O–H groups in total. The molecule has 2 unspecified atom stereocenters. The van der Waals surface area contributed by atoms with Gasteiger partial charge in [0.1, 0.15) is 0 Å². The molecule has 0 aliphatic carbocycles. The first-order valence-electron chi connectivity index (χ1n) is 13.2. The van der Waals surface area contributed by atoms with E-state index in [-0.39, 0.29) is 5.82 Å². The van der Waals surface area contributed by atoms with Crippen molar-refractivity contribution in [1.29, 1.82) is 0 Å². The molecule has 0 bridgehead atoms. The Morgan fingerprint density at radius 3 is 2.06 bits per heavy atom. The molecule has 0 radical (unpaired) electrons. The molecular formula is C32H54FN. The van der Waals surface area contributed by atoms with Gasteiger partial charge in [-0.3, -0.25) is 0 Å². The Hall–Kier alpha value is -2.05. The lowest BCUT2D eigenvalue weighted by Gasteiger charge is -2.25. The van der Waals surface area contributed by atoms with Gasteiger partial charge in [-0.1, -0.05) is 91.3 Å². The molecule has 0 heterocycles. The summed E-state index contributed by atoms with van der Waals surface area (Å²) in [5, 5.41) is 0. The summed E-state index contributed by atoms with van der Waals surface area (Å²) < 4.78 is 15.1. The van der Waals surface area contributed by atoms with E-state index in [9.17, 15) is 0 Å². The van der Waals surface area contributed by atoms with Gasteiger partial charge in [-0.05, 0) is 81.9 Å². The van der Waals surface area contributed by atoms with Gasteiger partial charge < -0.3 is 4.90 Å². The molecule has 0 spiro atoms. The normalized spacial score (nSPS) is 11.6. The van der Waals surface area contributed by atoms with Crippen LogP contribution >= 0.6 is 0 Å². The van der Waals surface area contributed by atoms with Crippen molar-refractivity contribution in [3.05, 3.63) is 71.4 Å². The summed E-state index contributed by atoms with van der Waals surface area (Å²) in [6, 6.07) is 4.03. The van der Waals surface area contributed by atoms with Crippen LogP contribution < -0.4 is 4.90 Å². The van der Waals surface area contributed by atoms with E-state index in [1.807, 2.05) is 51.8 Å². The molecule has 1 aromatic rings. The highest BCUT2D eigenvalue weighted by Crippen LogP contribution is 2.35. The second kappa shape index (κ2) is 19.3. The predicted octanol–water partition coefficient (Wildman–Crippen LogP) is 10.9. The molecule has 2 atom stereocenters. The maximum absolute atomic E-state index is 15.1. The van der Waals surface area contributed by atoms with E-state index in [1.54, 1.807) is 0 Å². The molecule has 194 valence electrons. The summed E-state index contributed by atoms with van der Waals surface area (Å²) in [6.45, 7) is 30.0. The Labute approximate surface area is 212 Å². The summed E-state index contributed by atoms with van der Waals surface area (Å²) in [5.74, 6) is 0.890. The number of hydrogen-bond acceptors (Lipinski definition) is 1. The third kappa shape index (κ3) is 12.4. The number of anilines is 1. The van der Waals surface area contributed by atoms with Gasteiger partial charge in [-0.25, -0.2) is 4.39 Å². The standard InChI is InChI=1S/C19H30FN.C11H18.C2H6/c1-7-9-11-16(10-8-2)17-13-12-15(5)19(18(17)20)21(6)14(3)4;1-6-10(4)7-8-11(5)9(2)3;1-2/h12-13,16H,3,7-11H2,1-2,4-6H3;11H,1-2,7-8H2,3-5H3;1-2H3. The number of hydrogen-bond donors (Lipinski definition) is 0. The topological polar surface area (TPSA) is 3.24 Å². The highest BCUT2D eigenvalue weighted by Gasteiger charge is 2.20. The first-order valence-corrected chi connectivity index (χ1v) is 13.2. The van der Waals surface area contributed by atoms with Gasteiger partial charge in [-0.2, -0.15) is 0 Å². The predicted molar refractivity (Wildman–Crippen MR) is 154 cm³/mol. The minimum Gasteiger partial charge on any atom is -0.346 e. The summed E-state index contributed by atoms with van der Waals surface area (Å²) >= 11 is 0. The molecule has 2 heteroatoms. The van der Waals surface area contributed by atoms with Crippen LogP contribution in [-0.4, -0.2) is 7.05 Å². The fourth-order valence-corrected chi connectivity index (χ4v) is 3.62. The van der Waals surface area contributed by atoms with Gasteiger partial charge in [0.15, 0.2) is 5.82 Å². The van der Waals surface area contributed by atoms with E-state index in [0.29, 0.717) is 17.5 Å². The van der Waals surface area contributed by atoms with Crippen LogP contribution in [0.2, 0.25) is 0 Å². The third-order valence-electron chi connectivity index (χ3n) is 6.33. The van der Waals surface area contributed by atoms with E-state index in [1.165, 1.54) is 17.6 Å². The second-order valence-corrected chi connectivity index (χ2v) is 9.30. The number of nitrogens with zero attached hydrogens (tertiary/aromatic N) is 1. The Balaban J connectivity index is 0. The maximum atomic E-state index is 15.1. The van der Waals surface area contributed by atoms with E-state index in [0.717, 1.165) is 55.3 Å². The van der Waals surface area contributed by atoms with Gasteiger partial charge in [-0.15, -0.1) is 5.73 Å². The van der Waals surface area contributed by atoms with Crippen molar-refractivity contribution in [3.63, 3.8) is 0 Å². The Morgan fingerprint density at radius 1 is 1.03 bits per heavy atom. The SMILES string of the molecule is C=C(C)N(C)c1c(C)ccc(C(CCC)CCCC)c1F.C=C=C(C)CCC(C)C(=C)C.CC. The van der Waals surface area contributed by atoms with E-state index < -0.39 is 0 Å². The van der Waals surface area contributed by atoms with Gasteiger partial charge in [0, 0.05) is 12.7 Å². The zero-order chi connectivity index (χ0) is 26.8. The zero-order valence-electron chi connectivity index (χ0n) is 24.2. The molecule has 0 aliphatic heterocycles. The van der Waals surface area contributed by atoms with Gasteiger partial charge in [0.2, 0.25) is 0 Å². The van der Waals surface area contributed by atoms with Crippen molar-refractivity contribution >= 4 is 5.69 Å². The Kier molecular flexibility index (Phi) is 19.3. The van der Waals surface area contributed by atoms with E-state index in [4.69, 9.17) is 0 Å². The van der Waals surface area contributed by atoms with Gasteiger partial charge in [0.25, 0.3) is 0 Å². The lowest BCUT2D eigenvalue weighted by Crippen LogP contribution is -2.18. The summed E-state index contributed by atoms with van der Waals surface area (Å²) in [4.78, 5) is 1.86. The van der Waals surface area contributed by atoms with Crippen LogP contribution in [0.25, 0.3) is 0 Å². The van der Waals surface area contributed by atoms with Crippen LogP contribution in [0.15, 0.2) is 54.4 Å². The Bertz CT molecular complexity index is 782. The third-order valence-corrected chi connectivity index (χ3v) is 6.33. The number of rotatable bonds is 12. The van der Waals surface area contributed by atoms with Crippen LogP contribution in [0.4, 0.5) is 10.1 Å². The van der Waals surface area contributed by atoms with Crippen LogP contribution in [-0.2, 0) is 0 Å². The van der Waals surface area contributed by atoms with E-state index >= 15 is 4.39 Å². The lowest BCUT2D eigenvalue weighted by atomic mass is 9.88. The van der Waals surface area contributed by atoms with Crippen LogP contribution in [0.1, 0.15) is 117 Å². The van der Waals surface area contributed by atoms with Crippen molar-refractivity contribution in [3.8, 4) is 0 Å². The summed E-state index contributed by atoms with van der Waals surface area (Å²) in [5.41, 5.74) is 8.78. The van der Waals surface area contributed by atoms with E-state index in [2.05, 4.69) is 60.1 Å². The summed E-state index contributed by atoms with van der Waals surface area (Å²) in [6.07, 6.45) is 7.79. The maximum Gasteiger partial charge on any atom is 0.150 e. The molecular weight excluding hydrogens is 417 g/mol. The number of aryl methyl sites for hydroxylation is 1. The largest absolute Gasteiger partial charge is 0.346 e. The fraction of sp³-hybridized carbons (Fsp3) is 0.594. The van der Waals surface area contributed by atoms with Gasteiger partial charge in [0.05, 0.1) is 5.69 Å². The molecule has 1 rings (SSSR count). The smallest absolute Gasteiger partial charge is 0.150 e. The average molecular weight is 472 g/mol. The molecule has 34 heavy (non-hydrogen) atoms. The molecule has 0 aliphatic rings. The zero-order valence-corrected chi connectivity index (χ0v) is 24.2. The molecule has 0 saturated heterocycles. The van der Waals surface area contributed by atoms with Crippen LogP contribution in [0.5, 0.6) is 0 Å². The van der Waals surface area contributed by atoms with Crippen molar-refractivity contribution in [2.24, 2.45) is 5.92 Å². The highest BCUT2D eigenvalue weighted by atomic mass is 19.1. The average Bonchev–Trinajstić information content (AvgIpc) is 2.81. The molecule has 0 fully saturated rings. The monoisotopic (exact) mass is 471 g/mol. The number of unbranched alkanes of at least 4 members (excludes halogenated alkanes) is 1. The number of benzene rings is 1. The lowest BCUT2D eigenvalue weighted by molar-refractivity contribution is 0.507. The molecule has 1 nitrogen and oxygen atoms in total. The number of halogens is 1. The first-order chi connectivity index (χ1) is 16.0. The molecule has 1 aromatic carbocycles. The first kappa shape index (κ1) is 34.1. The van der Waals surface area contributed by atoms with Crippen molar-refractivity contribution in [2.45, 2.75) is 113 Å². The second-order valence-electron chi connectivity index (χ2n) is 9.30.